The molecule has 22 nitrogen and oxygen atoms in total. The summed E-state index contributed by atoms with van der Waals surface area (Å²) < 4.78 is 0. The first kappa shape index (κ1) is 53.0. The summed E-state index contributed by atoms with van der Waals surface area (Å²) in [7, 11) is 0. The van der Waals surface area contributed by atoms with Gasteiger partial charge in [0, 0.05) is 42.4 Å². The highest BCUT2D eigenvalue weighted by molar-refractivity contribution is 7.80. The summed E-state index contributed by atoms with van der Waals surface area (Å²) in [6, 6.07) is 0.0851. The number of carboxylic acid groups (broad SMARTS) is 1. The third kappa shape index (κ3) is 18.0. The van der Waals surface area contributed by atoms with Crippen molar-refractivity contribution < 1.29 is 38.7 Å². The molecule has 1 aromatic carbocycles. The van der Waals surface area contributed by atoms with Crippen molar-refractivity contribution in [2.45, 2.75) is 109 Å². The molecule has 350 valence electrons. The minimum atomic E-state index is -1.33. The van der Waals surface area contributed by atoms with Gasteiger partial charge in [-0.05, 0) is 49.1 Å². The number of aromatic amines is 1. The van der Waals surface area contributed by atoms with Crippen molar-refractivity contribution in [3.8, 4) is 0 Å². The molecule has 63 heavy (non-hydrogen) atoms. The number of hydrogen-bond acceptors (Lipinski definition) is 11. The third-order valence-corrected chi connectivity index (χ3v) is 10.9. The molecule has 0 unspecified atom stereocenters. The molecule has 6 amide bonds. The second-order valence-corrected chi connectivity index (χ2v) is 15.7. The van der Waals surface area contributed by atoms with Crippen LogP contribution >= 0.6 is 12.6 Å². The zero-order valence-electron chi connectivity index (χ0n) is 36.3. The summed E-state index contributed by atoms with van der Waals surface area (Å²) >= 11 is 4.27. The third-order valence-electron chi connectivity index (χ3n) is 10.6. The van der Waals surface area contributed by atoms with Crippen LogP contribution in [-0.2, 0) is 40.0 Å². The van der Waals surface area contributed by atoms with E-state index in [9.17, 15) is 38.7 Å². The molecule has 0 aliphatic carbocycles. The van der Waals surface area contributed by atoms with Gasteiger partial charge in [-0.3, -0.25) is 39.6 Å². The van der Waals surface area contributed by atoms with E-state index in [2.05, 4.69) is 60.1 Å². The Balaban J connectivity index is 2.43. The van der Waals surface area contributed by atoms with Crippen molar-refractivity contribution in [2.24, 2.45) is 29.0 Å². The normalized spacial score (nSPS) is 14.8. The molecule has 0 saturated carbocycles. The highest BCUT2D eigenvalue weighted by Crippen LogP contribution is 2.20. The molecule has 0 radical (unpaired) electrons. The first-order chi connectivity index (χ1) is 29.8. The number of rotatable bonds is 28. The van der Waals surface area contributed by atoms with E-state index in [0.29, 0.717) is 18.4 Å². The number of H-pyrrole nitrogens is 1. The summed E-state index contributed by atoms with van der Waals surface area (Å²) in [5.74, 6) is -7.07. The van der Waals surface area contributed by atoms with Gasteiger partial charge >= 0.3 is 5.97 Å². The fraction of sp³-hybridized carbons (Fsp3) is 0.575. The number of para-hydroxylation sites is 1. The monoisotopic (exact) mass is 902 g/mol. The summed E-state index contributed by atoms with van der Waals surface area (Å²) in [6.07, 6.45) is 3.06. The summed E-state index contributed by atoms with van der Waals surface area (Å²) in [4.78, 5) is 96.3. The lowest BCUT2D eigenvalue weighted by Gasteiger charge is -2.27. The molecule has 0 saturated heterocycles. The SMILES string of the molecule is CC[C@H](C)[C@H](N)C(=O)N[C@@H](CS)C(=O)N[C@@H](Cc1c[nH]c2ccccc12)C(=O)N[C@@H](CCCNC(=N)N)C(=O)N[C@@H](CCCNC(=N)N)C(=O)NCC(=O)N[C@H](C(=O)O)[C@@H](C)CC. The van der Waals surface area contributed by atoms with Crippen LogP contribution < -0.4 is 59.7 Å². The molecule has 2 aromatic rings. The fourth-order valence-electron chi connectivity index (χ4n) is 6.32. The van der Waals surface area contributed by atoms with Gasteiger partial charge in [0.1, 0.15) is 30.2 Å². The number of benzene rings is 1. The van der Waals surface area contributed by atoms with Crippen LogP contribution in [0.1, 0.15) is 71.8 Å². The minimum Gasteiger partial charge on any atom is -0.480 e. The van der Waals surface area contributed by atoms with Gasteiger partial charge in [-0.25, -0.2) is 4.79 Å². The highest BCUT2D eigenvalue weighted by atomic mass is 32.1. The molecule has 0 aliphatic heterocycles. The number of guanidine groups is 2. The lowest BCUT2D eigenvalue weighted by Crippen LogP contribution is -2.60. The van der Waals surface area contributed by atoms with Gasteiger partial charge in [0.15, 0.2) is 11.9 Å². The Morgan fingerprint density at radius 1 is 0.714 bits per heavy atom. The topological polar surface area (TPSA) is 378 Å². The molecule has 0 spiro atoms. The number of hydrogen-bond donors (Lipinski definition) is 16. The van der Waals surface area contributed by atoms with Crippen LogP contribution in [0.25, 0.3) is 10.9 Å². The van der Waals surface area contributed by atoms with E-state index in [1.807, 2.05) is 31.2 Å². The number of amides is 6. The van der Waals surface area contributed by atoms with E-state index < -0.39 is 90.1 Å². The molecule has 18 N–H and O–H groups in total. The Morgan fingerprint density at radius 3 is 1.76 bits per heavy atom. The van der Waals surface area contributed by atoms with Crippen LogP contribution in [0, 0.1) is 22.7 Å². The fourth-order valence-corrected chi connectivity index (χ4v) is 6.57. The lowest BCUT2D eigenvalue weighted by atomic mass is 9.99. The molecule has 0 fully saturated rings. The molecule has 8 atom stereocenters. The number of nitrogens with one attached hydrogen (secondary N) is 11. The predicted molar refractivity (Wildman–Crippen MR) is 241 cm³/mol. The van der Waals surface area contributed by atoms with E-state index in [0.717, 1.165) is 10.9 Å². The van der Waals surface area contributed by atoms with Crippen molar-refractivity contribution in [3.63, 3.8) is 0 Å². The summed E-state index contributed by atoms with van der Waals surface area (Å²) in [5, 5.41) is 46.1. The molecule has 23 heteroatoms. The Kier molecular flexibility index (Phi) is 22.8. The summed E-state index contributed by atoms with van der Waals surface area (Å²) in [6.45, 7) is 6.78. The largest absolute Gasteiger partial charge is 0.480 e. The maximum Gasteiger partial charge on any atom is 0.326 e. The zero-order valence-corrected chi connectivity index (χ0v) is 37.2. The van der Waals surface area contributed by atoms with Gasteiger partial charge in [-0.15, -0.1) is 0 Å². The maximum atomic E-state index is 14.3. The van der Waals surface area contributed by atoms with Gasteiger partial charge in [0.2, 0.25) is 35.4 Å². The first-order valence-corrected chi connectivity index (χ1v) is 21.5. The number of carbonyl (C=O) groups excluding carboxylic acids is 6. The first-order valence-electron chi connectivity index (χ1n) is 20.9. The number of aliphatic carboxylic acids is 1. The lowest BCUT2D eigenvalue weighted by molar-refractivity contribution is -0.143. The number of thiol groups is 1. The maximum absolute atomic E-state index is 14.3. The van der Waals surface area contributed by atoms with Crippen LogP contribution in [0.2, 0.25) is 0 Å². The van der Waals surface area contributed by atoms with Crippen LogP contribution in [0.5, 0.6) is 0 Å². The van der Waals surface area contributed by atoms with Crippen LogP contribution in [0.3, 0.4) is 0 Å². The number of nitrogens with two attached hydrogens (primary N) is 3. The Labute approximate surface area is 372 Å². The van der Waals surface area contributed by atoms with Gasteiger partial charge in [-0.2, -0.15) is 12.6 Å². The molecule has 1 heterocycles. The van der Waals surface area contributed by atoms with Gasteiger partial charge < -0.3 is 69.8 Å². The zero-order chi connectivity index (χ0) is 47.2. The molecular formula is C40H66N14O8S. The quantitative estimate of drug-likeness (QED) is 0.0195. The average Bonchev–Trinajstić information content (AvgIpc) is 3.66. The van der Waals surface area contributed by atoms with E-state index in [1.165, 1.54) is 0 Å². The van der Waals surface area contributed by atoms with Crippen molar-refractivity contribution in [1.82, 2.24) is 47.5 Å². The highest BCUT2D eigenvalue weighted by Gasteiger charge is 2.33. The molecule has 2 rings (SSSR count). The van der Waals surface area contributed by atoms with Crippen molar-refractivity contribution >= 4 is 76.9 Å². The Morgan fingerprint density at radius 2 is 1.22 bits per heavy atom. The van der Waals surface area contributed by atoms with E-state index in [4.69, 9.17) is 28.0 Å². The number of aromatic nitrogens is 1. The van der Waals surface area contributed by atoms with Gasteiger partial charge in [0.05, 0.1) is 12.6 Å². The smallest absolute Gasteiger partial charge is 0.326 e. The van der Waals surface area contributed by atoms with Crippen LogP contribution in [0.15, 0.2) is 30.5 Å². The van der Waals surface area contributed by atoms with Crippen molar-refractivity contribution in [2.75, 3.05) is 25.4 Å². The minimum absolute atomic E-state index is 0.0204. The predicted octanol–water partition coefficient (Wildman–Crippen LogP) is -1.79. The Hall–Kier alpha value is -6.10. The Bertz CT molecular complexity index is 1900. The van der Waals surface area contributed by atoms with Crippen LogP contribution in [0.4, 0.5) is 0 Å². The van der Waals surface area contributed by atoms with Gasteiger partial charge in [0.25, 0.3) is 0 Å². The van der Waals surface area contributed by atoms with E-state index >= 15 is 0 Å². The summed E-state index contributed by atoms with van der Waals surface area (Å²) in [5.41, 5.74) is 18.4. The van der Waals surface area contributed by atoms with E-state index in [-0.39, 0.29) is 68.8 Å². The second kappa shape index (κ2) is 27.1. The molecule has 0 bridgehead atoms. The molecule has 1 aromatic heterocycles. The number of fused-ring (bicyclic) bond motifs is 1. The van der Waals surface area contributed by atoms with Crippen LogP contribution in [-0.4, -0.2) is 125 Å². The average molecular weight is 903 g/mol. The second-order valence-electron chi connectivity index (χ2n) is 15.4. The standard InChI is InChI=1S/C40H66N14O8S/c1-5-21(3)31(41)37(60)53-29(20-63)36(59)52-28(17-23-18-48-25-12-8-7-11-24(23)25)35(58)51-27(14-10-16-47-40(44)45)34(57)50-26(13-9-15-46-39(42)43)33(56)49-19-30(55)54-32(38(61)62)22(4)6-2/h7-8,11-12,18,21-22,26-29,31-32,48,63H,5-6,9-10,13-17,19-20,41H2,1-4H3,(H,49,56)(H,50,57)(H,51,58)(H,52,59)(H,53,60)(H,54,55)(H,61,62)(H4,42,43,46)(H4,44,45,47)/t21-,22-,26-,27-,28-,29-,31-,32-/m0/s1. The number of carbonyl (C=O) groups is 7. The van der Waals surface area contributed by atoms with Crippen molar-refractivity contribution in [1.29, 1.82) is 10.8 Å². The molecular weight excluding hydrogens is 837 g/mol. The molecule has 0 aliphatic rings. The van der Waals surface area contributed by atoms with Crippen molar-refractivity contribution in [3.05, 3.63) is 36.0 Å². The number of carboxylic acids is 1. The van der Waals surface area contributed by atoms with Gasteiger partial charge in [-0.1, -0.05) is 58.7 Å². The van der Waals surface area contributed by atoms with E-state index in [1.54, 1.807) is 27.0 Å².